The van der Waals surface area contributed by atoms with Crippen molar-refractivity contribution in [1.29, 1.82) is 0 Å². The summed E-state index contributed by atoms with van der Waals surface area (Å²) in [6.45, 7) is 3.80. The molecule has 0 bridgehead atoms. The molecule has 29 heavy (non-hydrogen) atoms. The molecule has 0 aliphatic heterocycles. The molecule has 3 aromatic rings. The molecule has 1 atom stereocenters. The maximum absolute atomic E-state index is 12.6. The molecule has 150 valence electrons. The Hall–Kier alpha value is -3.55. The van der Waals surface area contributed by atoms with Crippen LogP contribution in [-0.4, -0.2) is 43.9 Å². The van der Waals surface area contributed by atoms with E-state index in [1.807, 2.05) is 44.3 Å². The van der Waals surface area contributed by atoms with Crippen molar-refractivity contribution in [2.75, 3.05) is 0 Å². The Labute approximate surface area is 168 Å². The molecule has 2 aromatic heterocycles. The Kier molecular flexibility index (Phi) is 6.33. The van der Waals surface area contributed by atoms with Crippen molar-refractivity contribution in [1.82, 2.24) is 25.7 Å². The van der Waals surface area contributed by atoms with Gasteiger partial charge in [-0.15, -0.1) is 0 Å². The van der Waals surface area contributed by atoms with Crippen LogP contribution >= 0.6 is 0 Å². The highest BCUT2D eigenvalue weighted by Gasteiger charge is 2.22. The molecule has 0 saturated heterocycles. The molecule has 1 aromatic carbocycles. The number of hydrogen-bond donors (Lipinski definition) is 3. The van der Waals surface area contributed by atoms with Crippen LogP contribution in [0, 0.1) is 13.8 Å². The van der Waals surface area contributed by atoms with Gasteiger partial charge in [0.15, 0.2) is 0 Å². The highest BCUT2D eigenvalue weighted by atomic mass is 16.3. The smallest absolute Gasteiger partial charge is 0.290 e. The first-order chi connectivity index (χ1) is 14.0. The third-order valence-corrected chi connectivity index (χ3v) is 5.13. The Morgan fingerprint density at radius 1 is 1.24 bits per heavy atom. The zero-order valence-electron chi connectivity index (χ0n) is 16.3. The van der Waals surface area contributed by atoms with Gasteiger partial charge in [-0.25, -0.2) is 0 Å². The molecule has 4 rings (SSSR count). The molecule has 1 aliphatic carbocycles. The second-order valence-corrected chi connectivity index (χ2v) is 6.97. The molecular weight excluding hydrogens is 370 g/mol. The van der Waals surface area contributed by atoms with Crippen LogP contribution in [0.15, 0.2) is 36.7 Å². The molecule has 8 heteroatoms. The molecule has 0 fully saturated rings. The number of hydrogen-bond acceptors (Lipinski definition) is 5. The van der Waals surface area contributed by atoms with Crippen molar-refractivity contribution in [3.63, 3.8) is 0 Å². The second kappa shape index (κ2) is 9.09. The number of rotatable bonds is 3. The summed E-state index contributed by atoms with van der Waals surface area (Å²) < 4.78 is 0. The first kappa shape index (κ1) is 20.2. The molecular formula is C21H23N5O3. The Morgan fingerprint density at radius 3 is 2.69 bits per heavy atom. The third kappa shape index (κ3) is 4.66. The largest absolute Gasteiger partial charge is 0.483 e. The van der Waals surface area contributed by atoms with E-state index in [4.69, 9.17) is 9.90 Å². The van der Waals surface area contributed by atoms with E-state index in [9.17, 15) is 4.79 Å². The fraction of sp³-hybridized carbons (Fsp3) is 0.286. The van der Waals surface area contributed by atoms with Crippen molar-refractivity contribution in [3.05, 3.63) is 64.6 Å². The Balaban J connectivity index is 0.000000755. The summed E-state index contributed by atoms with van der Waals surface area (Å²) in [5, 5.41) is 25.4. The summed E-state index contributed by atoms with van der Waals surface area (Å²) in [4.78, 5) is 20.9. The van der Waals surface area contributed by atoms with Gasteiger partial charge < -0.3 is 10.4 Å². The molecule has 1 amide bonds. The van der Waals surface area contributed by atoms with Gasteiger partial charge in [0, 0.05) is 29.3 Å². The van der Waals surface area contributed by atoms with E-state index in [1.165, 1.54) is 5.56 Å². The number of nitrogens with zero attached hydrogens (tertiary/aromatic N) is 3. The number of aromatic amines is 1. The fourth-order valence-corrected chi connectivity index (χ4v) is 3.39. The van der Waals surface area contributed by atoms with Crippen molar-refractivity contribution >= 4 is 12.4 Å². The zero-order chi connectivity index (χ0) is 20.8. The number of carbonyl (C=O) groups excluding carboxylic acids is 1. The van der Waals surface area contributed by atoms with Gasteiger partial charge in [0.2, 0.25) is 0 Å². The predicted molar refractivity (Wildman–Crippen MR) is 108 cm³/mol. The summed E-state index contributed by atoms with van der Waals surface area (Å²) in [6, 6.07) is 7.69. The van der Waals surface area contributed by atoms with E-state index in [0.29, 0.717) is 5.56 Å². The average molecular weight is 393 g/mol. The fourth-order valence-electron chi connectivity index (χ4n) is 3.39. The minimum absolute atomic E-state index is 0.0448. The summed E-state index contributed by atoms with van der Waals surface area (Å²) >= 11 is 0. The predicted octanol–water partition coefficient (Wildman–Crippen LogP) is 2.47. The highest BCUT2D eigenvalue weighted by Crippen LogP contribution is 2.23. The van der Waals surface area contributed by atoms with Gasteiger partial charge in [0.25, 0.3) is 12.4 Å². The van der Waals surface area contributed by atoms with Crippen LogP contribution < -0.4 is 5.32 Å². The van der Waals surface area contributed by atoms with Crippen LogP contribution in [0.3, 0.4) is 0 Å². The lowest BCUT2D eigenvalue weighted by atomic mass is 9.93. The SMILES string of the molecule is Cc1cnnc(-c2ccc(C(=O)NC3CCc4cn[nH]c4C3)cc2)c1C.O=CO. The van der Waals surface area contributed by atoms with Crippen molar-refractivity contribution < 1.29 is 14.7 Å². The number of aryl methyl sites for hydroxylation is 2. The maximum Gasteiger partial charge on any atom is 0.290 e. The van der Waals surface area contributed by atoms with Crippen molar-refractivity contribution in [2.45, 2.75) is 39.2 Å². The molecule has 1 unspecified atom stereocenters. The van der Waals surface area contributed by atoms with Gasteiger partial charge in [-0.2, -0.15) is 15.3 Å². The van der Waals surface area contributed by atoms with Gasteiger partial charge >= 0.3 is 0 Å². The number of benzene rings is 1. The molecule has 0 saturated carbocycles. The zero-order valence-corrected chi connectivity index (χ0v) is 16.3. The number of carboxylic acid groups (broad SMARTS) is 1. The number of nitrogens with one attached hydrogen (secondary N) is 2. The Morgan fingerprint density at radius 2 is 1.97 bits per heavy atom. The Bertz CT molecular complexity index is 998. The minimum Gasteiger partial charge on any atom is -0.483 e. The minimum atomic E-state index is -0.250. The van der Waals surface area contributed by atoms with Crippen molar-refractivity contribution in [2.24, 2.45) is 0 Å². The number of carbonyl (C=O) groups is 2. The molecule has 8 nitrogen and oxygen atoms in total. The van der Waals surface area contributed by atoms with E-state index in [-0.39, 0.29) is 18.4 Å². The first-order valence-electron chi connectivity index (χ1n) is 9.32. The van der Waals surface area contributed by atoms with Gasteiger partial charge in [-0.3, -0.25) is 14.7 Å². The van der Waals surface area contributed by atoms with Crippen LogP contribution in [0.2, 0.25) is 0 Å². The standard InChI is InChI=1S/C20H21N5O.CH2O2/c1-12-10-21-25-19(13(12)2)14-3-5-15(6-4-14)20(26)23-17-8-7-16-11-22-24-18(16)9-17;2-1-3/h3-6,10-11,17H,7-9H2,1-2H3,(H,22,24)(H,23,26);1H,(H,2,3). The van der Waals surface area contributed by atoms with Crippen LogP contribution in [0.1, 0.15) is 39.2 Å². The monoisotopic (exact) mass is 393 g/mol. The van der Waals surface area contributed by atoms with E-state index in [2.05, 4.69) is 25.7 Å². The van der Waals surface area contributed by atoms with Crippen LogP contribution in [0.5, 0.6) is 0 Å². The number of amides is 1. The lowest BCUT2D eigenvalue weighted by Crippen LogP contribution is -2.38. The van der Waals surface area contributed by atoms with Gasteiger partial charge in [0.05, 0.1) is 18.1 Å². The van der Waals surface area contributed by atoms with Gasteiger partial charge in [-0.1, -0.05) is 12.1 Å². The number of H-pyrrole nitrogens is 1. The quantitative estimate of drug-likeness (QED) is 0.588. The molecule has 0 radical (unpaired) electrons. The molecule has 3 N–H and O–H groups in total. The molecule has 2 heterocycles. The lowest BCUT2D eigenvalue weighted by Gasteiger charge is -2.22. The number of fused-ring (bicyclic) bond motifs is 1. The van der Waals surface area contributed by atoms with Gasteiger partial charge in [-0.05, 0) is 55.5 Å². The summed E-state index contributed by atoms with van der Waals surface area (Å²) in [6.07, 6.45) is 6.32. The van der Waals surface area contributed by atoms with E-state index in [0.717, 1.165) is 47.3 Å². The maximum atomic E-state index is 12.6. The van der Waals surface area contributed by atoms with E-state index < -0.39 is 0 Å². The van der Waals surface area contributed by atoms with E-state index >= 15 is 0 Å². The topological polar surface area (TPSA) is 121 Å². The summed E-state index contributed by atoms with van der Waals surface area (Å²) in [5.74, 6) is -0.0448. The van der Waals surface area contributed by atoms with Crippen LogP contribution in [0.25, 0.3) is 11.3 Å². The normalized spacial score (nSPS) is 14.9. The van der Waals surface area contributed by atoms with Crippen LogP contribution in [0.4, 0.5) is 0 Å². The average Bonchev–Trinajstić information content (AvgIpc) is 3.19. The molecule has 0 spiro atoms. The summed E-state index contributed by atoms with van der Waals surface area (Å²) in [5.41, 5.74) is 7.08. The second-order valence-electron chi connectivity index (χ2n) is 6.97. The van der Waals surface area contributed by atoms with E-state index in [1.54, 1.807) is 6.20 Å². The highest BCUT2D eigenvalue weighted by molar-refractivity contribution is 5.94. The molecule has 1 aliphatic rings. The lowest BCUT2D eigenvalue weighted by molar-refractivity contribution is -0.122. The number of aromatic nitrogens is 4. The van der Waals surface area contributed by atoms with Gasteiger partial charge in [0.1, 0.15) is 0 Å². The first-order valence-corrected chi connectivity index (χ1v) is 9.32. The third-order valence-electron chi connectivity index (χ3n) is 5.13. The van der Waals surface area contributed by atoms with Crippen LogP contribution in [-0.2, 0) is 17.6 Å². The summed E-state index contributed by atoms with van der Waals surface area (Å²) in [7, 11) is 0. The van der Waals surface area contributed by atoms with Crippen molar-refractivity contribution in [3.8, 4) is 11.3 Å².